The van der Waals surface area contributed by atoms with Crippen LogP contribution in [0.15, 0.2) is 29.8 Å². The van der Waals surface area contributed by atoms with Gasteiger partial charge in [0.1, 0.15) is 11.5 Å². The molecule has 0 aliphatic heterocycles. The molecule has 2 aliphatic carbocycles. The predicted octanol–water partition coefficient (Wildman–Crippen LogP) is 3.65. The van der Waals surface area contributed by atoms with Crippen molar-refractivity contribution in [3.8, 4) is 5.75 Å². The molecule has 0 bridgehead atoms. The number of ketones is 1. The summed E-state index contributed by atoms with van der Waals surface area (Å²) in [4.78, 5) is 12.6. The SMILES string of the molecule is CCC(=O)[C@@H]1CC(C)=C[C@]2(CO)CCc3cc(OC)ccc3[C@H]12. The molecular weight excluding hydrogens is 288 g/mol. The lowest BCUT2D eigenvalue weighted by Crippen LogP contribution is -2.44. The van der Waals surface area contributed by atoms with Crippen LogP contribution in [0.4, 0.5) is 0 Å². The van der Waals surface area contributed by atoms with Gasteiger partial charge in [-0.05, 0) is 49.4 Å². The molecule has 0 fully saturated rings. The summed E-state index contributed by atoms with van der Waals surface area (Å²) in [5.41, 5.74) is 3.43. The Labute approximate surface area is 138 Å². The van der Waals surface area contributed by atoms with E-state index in [1.807, 2.05) is 13.0 Å². The molecule has 1 aromatic carbocycles. The van der Waals surface area contributed by atoms with Crippen molar-refractivity contribution in [2.24, 2.45) is 11.3 Å². The van der Waals surface area contributed by atoms with Gasteiger partial charge in [-0.15, -0.1) is 0 Å². The molecule has 0 heterocycles. The van der Waals surface area contributed by atoms with Gasteiger partial charge < -0.3 is 9.84 Å². The van der Waals surface area contributed by atoms with E-state index in [4.69, 9.17) is 4.74 Å². The first-order valence-corrected chi connectivity index (χ1v) is 8.53. The molecule has 0 amide bonds. The van der Waals surface area contributed by atoms with Gasteiger partial charge in [0.25, 0.3) is 0 Å². The Kier molecular flexibility index (Phi) is 4.33. The number of carbonyl (C=O) groups is 1. The van der Waals surface area contributed by atoms with E-state index in [2.05, 4.69) is 25.1 Å². The van der Waals surface area contributed by atoms with Crippen LogP contribution in [-0.4, -0.2) is 24.6 Å². The Morgan fingerprint density at radius 3 is 2.87 bits per heavy atom. The first kappa shape index (κ1) is 16.3. The fraction of sp³-hybridized carbons (Fsp3) is 0.550. The van der Waals surface area contributed by atoms with Crippen molar-refractivity contribution < 1.29 is 14.6 Å². The van der Waals surface area contributed by atoms with E-state index in [-0.39, 0.29) is 23.9 Å². The van der Waals surface area contributed by atoms with Crippen LogP contribution in [0.1, 0.15) is 50.2 Å². The fourth-order valence-corrected chi connectivity index (χ4v) is 4.64. The van der Waals surface area contributed by atoms with Crippen LogP contribution in [0, 0.1) is 11.3 Å². The van der Waals surface area contributed by atoms with Crippen LogP contribution in [-0.2, 0) is 11.2 Å². The van der Waals surface area contributed by atoms with Crippen LogP contribution >= 0.6 is 0 Å². The molecule has 0 saturated carbocycles. The van der Waals surface area contributed by atoms with E-state index >= 15 is 0 Å². The second-order valence-corrected chi connectivity index (χ2v) is 7.05. The highest BCUT2D eigenvalue weighted by atomic mass is 16.5. The molecule has 3 atom stereocenters. The summed E-state index contributed by atoms with van der Waals surface area (Å²) in [5.74, 6) is 1.23. The van der Waals surface area contributed by atoms with Crippen molar-refractivity contribution >= 4 is 5.78 Å². The number of aryl methyl sites for hydroxylation is 1. The molecule has 3 rings (SSSR count). The summed E-state index contributed by atoms with van der Waals surface area (Å²) in [6.45, 7) is 4.13. The fourth-order valence-electron chi connectivity index (χ4n) is 4.64. The number of rotatable bonds is 4. The number of hydrogen-bond donors (Lipinski definition) is 1. The zero-order valence-electron chi connectivity index (χ0n) is 14.3. The quantitative estimate of drug-likeness (QED) is 0.863. The van der Waals surface area contributed by atoms with Crippen LogP contribution in [0.3, 0.4) is 0 Å². The van der Waals surface area contributed by atoms with Crippen molar-refractivity contribution in [2.75, 3.05) is 13.7 Å². The highest BCUT2D eigenvalue weighted by molar-refractivity contribution is 5.82. The Balaban J connectivity index is 2.14. The van der Waals surface area contributed by atoms with Crippen molar-refractivity contribution in [1.29, 1.82) is 0 Å². The second kappa shape index (κ2) is 6.12. The summed E-state index contributed by atoms with van der Waals surface area (Å²) < 4.78 is 5.35. The summed E-state index contributed by atoms with van der Waals surface area (Å²) in [6, 6.07) is 6.17. The van der Waals surface area contributed by atoms with Gasteiger partial charge in [-0.25, -0.2) is 0 Å². The summed E-state index contributed by atoms with van der Waals surface area (Å²) in [5, 5.41) is 10.2. The van der Waals surface area contributed by atoms with Crippen molar-refractivity contribution in [1.82, 2.24) is 0 Å². The van der Waals surface area contributed by atoms with Crippen LogP contribution in [0.2, 0.25) is 0 Å². The number of benzene rings is 1. The lowest BCUT2D eigenvalue weighted by Gasteiger charge is -2.49. The van der Waals surface area contributed by atoms with Gasteiger partial charge in [0, 0.05) is 23.7 Å². The number of aliphatic hydroxyl groups excluding tert-OH is 1. The zero-order valence-corrected chi connectivity index (χ0v) is 14.3. The summed E-state index contributed by atoms with van der Waals surface area (Å²) in [6.07, 6.45) is 5.41. The number of hydrogen-bond acceptors (Lipinski definition) is 3. The molecule has 3 nitrogen and oxygen atoms in total. The van der Waals surface area contributed by atoms with E-state index < -0.39 is 0 Å². The van der Waals surface area contributed by atoms with E-state index in [1.165, 1.54) is 16.7 Å². The Morgan fingerprint density at radius 2 is 2.22 bits per heavy atom. The number of fused-ring (bicyclic) bond motifs is 3. The van der Waals surface area contributed by atoms with Gasteiger partial charge >= 0.3 is 0 Å². The highest BCUT2D eigenvalue weighted by Crippen LogP contribution is 2.55. The van der Waals surface area contributed by atoms with Gasteiger partial charge in [-0.2, -0.15) is 0 Å². The number of ether oxygens (including phenoxy) is 1. The number of allylic oxidation sites excluding steroid dienone is 1. The third-order valence-corrected chi connectivity index (χ3v) is 5.70. The van der Waals surface area contributed by atoms with Gasteiger partial charge in [-0.3, -0.25) is 4.79 Å². The summed E-state index contributed by atoms with van der Waals surface area (Å²) in [7, 11) is 1.68. The van der Waals surface area contributed by atoms with E-state index in [0.29, 0.717) is 12.2 Å². The molecule has 2 aliphatic rings. The highest BCUT2D eigenvalue weighted by Gasteiger charge is 2.49. The standard InChI is InChI=1S/C20H26O3/c1-4-18(22)17-9-13(2)11-20(12-21)8-7-14-10-15(23-3)5-6-16(14)19(17)20/h5-6,10-11,17,19,21H,4,7-9,12H2,1-3H3/t17-,19+,20-/m0/s1. The smallest absolute Gasteiger partial charge is 0.136 e. The number of carbonyl (C=O) groups excluding carboxylic acids is 1. The third kappa shape index (κ3) is 2.61. The molecule has 1 N–H and O–H groups in total. The van der Waals surface area contributed by atoms with Crippen LogP contribution < -0.4 is 4.74 Å². The molecule has 0 radical (unpaired) electrons. The molecular formula is C20H26O3. The van der Waals surface area contributed by atoms with E-state index in [0.717, 1.165) is 25.0 Å². The maximum absolute atomic E-state index is 12.6. The molecule has 0 saturated heterocycles. The predicted molar refractivity (Wildman–Crippen MR) is 90.7 cm³/mol. The number of methoxy groups -OCH3 is 1. The number of Topliss-reactive ketones (excluding diaryl/α,β-unsaturated/α-hetero) is 1. The maximum Gasteiger partial charge on any atom is 0.136 e. The minimum atomic E-state index is -0.292. The van der Waals surface area contributed by atoms with Gasteiger partial charge in [0.15, 0.2) is 0 Å². The maximum atomic E-state index is 12.6. The van der Waals surface area contributed by atoms with Crippen LogP contribution in [0.5, 0.6) is 5.75 Å². The molecule has 3 heteroatoms. The first-order valence-electron chi connectivity index (χ1n) is 8.53. The summed E-state index contributed by atoms with van der Waals surface area (Å²) >= 11 is 0. The zero-order chi connectivity index (χ0) is 16.6. The molecule has 0 aromatic heterocycles. The Morgan fingerprint density at radius 1 is 1.43 bits per heavy atom. The van der Waals surface area contributed by atoms with Gasteiger partial charge in [0.05, 0.1) is 13.7 Å². The van der Waals surface area contributed by atoms with E-state index in [9.17, 15) is 9.90 Å². The largest absolute Gasteiger partial charge is 0.497 e. The first-order chi connectivity index (χ1) is 11.0. The van der Waals surface area contributed by atoms with E-state index in [1.54, 1.807) is 7.11 Å². The lowest BCUT2D eigenvalue weighted by atomic mass is 9.55. The molecule has 1 aromatic rings. The topological polar surface area (TPSA) is 46.5 Å². The number of aliphatic hydroxyl groups is 1. The molecule has 0 spiro atoms. The van der Waals surface area contributed by atoms with Crippen LogP contribution in [0.25, 0.3) is 0 Å². The lowest BCUT2D eigenvalue weighted by molar-refractivity contribution is -0.125. The van der Waals surface area contributed by atoms with Crippen molar-refractivity contribution in [3.63, 3.8) is 0 Å². The minimum Gasteiger partial charge on any atom is -0.497 e. The third-order valence-electron chi connectivity index (χ3n) is 5.70. The second-order valence-electron chi connectivity index (χ2n) is 7.05. The minimum absolute atomic E-state index is 0.0235. The molecule has 23 heavy (non-hydrogen) atoms. The van der Waals surface area contributed by atoms with Gasteiger partial charge in [0.2, 0.25) is 0 Å². The van der Waals surface area contributed by atoms with Gasteiger partial charge in [-0.1, -0.05) is 24.6 Å². The molecule has 0 unspecified atom stereocenters. The Hall–Kier alpha value is -1.61. The average Bonchev–Trinajstić information content (AvgIpc) is 2.59. The normalized spacial score (nSPS) is 29.3. The van der Waals surface area contributed by atoms with Crippen molar-refractivity contribution in [2.45, 2.75) is 45.4 Å². The average molecular weight is 314 g/mol. The van der Waals surface area contributed by atoms with Crippen molar-refractivity contribution in [3.05, 3.63) is 41.0 Å². The Bertz CT molecular complexity index is 646. The monoisotopic (exact) mass is 314 g/mol. The molecule has 124 valence electrons.